The Morgan fingerprint density at radius 1 is 0.952 bits per heavy atom. The highest BCUT2D eigenvalue weighted by molar-refractivity contribution is 5.36. The second-order valence-corrected chi connectivity index (χ2v) is 4.94. The molecule has 0 radical (unpaired) electrons. The molecule has 3 heteroatoms. The molecule has 2 aromatic carbocycles. The predicted molar refractivity (Wildman–Crippen MR) is 83.8 cm³/mol. The summed E-state index contributed by atoms with van der Waals surface area (Å²) in [6.45, 7) is 0.761. The van der Waals surface area contributed by atoms with Crippen LogP contribution in [-0.2, 0) is 0 Å². The van der Waals surface area contributed by atoms with Gasteiger partial charge in [-0.2, -0.15) is 5.26 Å². The van der Waals surface area contributed by atoms with Gasteiger partial charge in [0.15, 0.2) is 0 Å². The van der Waals surface area contributed by atoms with Crippen LogP contribution in [0.3, 0.4) is 0 Å². The molecule has 0 bridgehead atoms. The molecule has 2 aromatic rings. The van der Waals surface area contributed by atoms with Crippen molar-refractivity contribution in [1.82, 2.24) is 5.32 Å². The van der Waals surface area contributed by atoms with Crippen molar-refractivity contribution in [1.29, 1.82) is 5.26 Å². The van der Waals surface area contributed by atoms with Crippen LogP contribution in [0, 0.1) is 11.3 Å². The predicted octanol–water partition coefficient (Wildman–Crippen LogP) is 2.68. The normalized spacial score (nSPS) is 12.0. The van der Waals surface area contributed by atoms with E-state index in [2.05, 4.69) is 35.7 Å². The van der Waals surface area contributed by atoms with Gasteiger partial charge >= 0.3 is 0 Å². The first-order valence-corrected chi connectivity index (χ1v) is 7.20. The van der Waals surface area contributed by atoms with E-state index in [-0.39, 0.29) is 18.6 Å². The summed E-state index contributed by atoms with van der Waals surface area (Å²) in [6.07, 6.45) is 0.647. The summed E-state index contributed by atoms with van der Waals surface area (Å²) >= 11 is 0. The highest BCUT2D eigenvalue weighted by Gasteiger charge is 2.24. The van der Waals surface area contributed by atoms with Gasteiger partial charge in [-0.05, 0) is 24.1 Å². The van der Waals surface area contributed by atoms with Gasteiger partial charge in [0, 0.05) is 12.5 Å². The molecule has 0 heterocycles. The molecule has 0 saturated heterocycles. The van der Waals surface area contributed by atoms with Gasteiger partial charge < -0.3 is 10.4 Å². The van der Waals surface area contributed by atoms with Crippen molar-refractivity contribution >= 4 is 0 Å². The minimum atomic E-state index is -0.318. The fourth-order valence-electron chi connectivity index (χ4n) is 2.47. The molecule has 108 valence electrons. The van der Waals surface area contributed by atoms with Gasteiger partial charge in [-0.25, -0.2) is 0 Å². The van der Waals surface area contributed by atoms with Crippen LogP contribution in [0.1, 0.15) is 23.5 Å². The molecular weight excluding hydrogens is 260 g/mol. The first-order chi connectivity index (χ1) is 10.4. The van der Waals surface area contributed by atoms with E-state index >= 15 is 0 Å². The van der Waals surface area contributed by atoms with Gasteiger partial charge in [-0.3, -0.25) is 0 Å². The Labute approximate surface area is 125 Å². The second-order valence-electron chi connectivity index (χ2n) is 4.94. The Hall–Kier alpha value is -2.15. The van der Waals surface area contributed by atoms with Crippen molar-refractivity contribution in [2.24, 2.45) is 0 Å². The molecule has 0 aliphatic heterocycles. The van der Waals surface area contributed by atoms with Crippen LogP contribution in [0.25, 0.3) is 0 Å². The Bertz CT molecular complexity index is 523. The maximum Gasteiger partial charge on any atom is 0.106 e. The average Bonchev–Trinajstić information content (AvgIpc) is 2.56. The van der Waals surface area contributed by atoms with E-state index in [9.17, 15) is 5.26 Å². The summed E-state index contributed by atoms with van der Waals surface area (Å²) in [5.41, 5.74) is 2.23. The molecule has 1 atom stereocenters. The molecule has 0 aliphatic carbocycles. The topological polar surface area (TPSA) is 56.0 Å². The molecule has 0 aromatic heterocycles. The molecule has 21 heavy (non-hydrogen) atoms. The Balaban J connectivity index is 2.29. The fourth-order valence-corrected chi connectivity index (χ4v) is 2.47. The monoisotopic (exact) mass is 280 g/mol. The van der Waals surface area contributed by atoms with Crippen LogP contribution in [0.15, 0.2) is 60.7 Å². The number of benzene rings is 2. The number of hydrogen-bond acceptors (Lipinski definition) is 3. The van der Waals surface area contributed by atoms with Crippen LogP contribution >= 0.6 is 0 Å². The van der Waals surface area contributed by atoms with E-state index in [0.29, 0.717) is 13.0 Å². The number of nitrogens with zero attached hydrogens (tertiary/aromatic N) is 1. The lowest BCUT2D eigenvalue weighted by atomic mass is 9.85. The summed E-state index contributed by atoms with van der Waals surface area (Å²) in [6, 6.07) is 22.2. The maximum atomic E-state index is 9.54. The Morgan fingerprint density at radius 2 is 1.48 bits per heavy atom. The van der Waals surface area contributed by atoms with E-state index < -0.39 is 0 Å². The van der Waals surface area contributed by atoms with Crippen LogP contribution in [-0.4, -0.2) is 24.3 Å². The summed E-state index contributed by atoms with van der Waals surface area (Å²) in [4.78, 5) is 0. The third-order valence-corrected chi connectivity index (χ3v) is 3.49. The van der Waals surface area contributed by atoms with Gasteiger partial charge in [0.25, 0.3) is 0 Å². The van der Waals surface area contributed by atoms with Crippen molar-refractivity contribution in [3.8, 4) is 6.07 Å². The molecule has 0 spiro atoms. The summed E-state index contributed by atoms with van der Waals surface area (Å²) < 4.78 is 0. The van der Waals surface area contributed by atoms with E-state index in [1.165, 1.54) is 0 Å². The largest absolute Gasteiger partial charge is 0.396 e. The minimum absolute atomic E-state index is 0.0175. The summed E-state index contributed by atoms with van der Waals surface area (Å²) in [5, 5.41) is 21.7. The number of nitriles is 1. The molecule has 2 rings (SSSR count). The van der Waals surface area contributed by atoms with E-state index in [1.54, 1.807) is 0 Å². The highest BCUT2D eigenvalue weighted by Crippen LogP contribution is 2.27. The maximum absolute atomic E-state index is 9.54. The van der Waals surface area contributed by atoms with Gasteiger partial charge in [0.05, 0.1) is 6.07 Å². The van der Waals surface area contributed by atoms with E-state index in [0.717, 1.165) is 11.1 Å². The van der Waals surface area contributed by atoms with Crippen LogP contribution in [0.5, 0.6) is 0 Å². The number of nitrogens with one attached hydrogen (secondary N) is 1. The summed E-state index contributed by atoms with van der Waals surface area (Å²) in [7, 11) is 0. The zero-order chi connectivity index (χ0) is 14.9. The van der Waals surface area contributed by atoms with Crippen molar-refractivity contribution in [2.75, 3.05) is 13.2 Å². The van der Waals surface area contributed by atoms with Gasteiger partial charge in [-0.15, -0.1) is 0 Å². The lowest BCUT2D eigenvalue weighted by Crippen LogP contribution is -2.35. The Kier molecular flexibility index (Phi) is 5.96. The smallest absolute Gasteiger partial charge is 0.106 e. The zero-order valence-corrected chi connectivity index (χ0v) is 11.9. The standard InChI is InChI=1S/C18H20N2O/c19-14-17(20-12-7-13-21)18(15-8-3-1-4-9-15)16-10-5-2-6-11-16/h1-6,8-11,17-18,20-21H,7,12-13H2. The molecule has 0 saturated carbocycles. The van der Waals surface area contributed by atoms with Gasteiger partial charge in [0.1, 0.15) is 6.04 Å². The molecule has 0 fully saturated rings. The fraction of sp³-hybridized carbons (Fsp3) is 0.278. The molecular formula is C18H20N2O. The summed E-state index contributed by atoms with van der Waals surface area (Å²) in [5.74, 6) is -0.0175. The first kappa shape index (κ1) is 15.2. The van der Waals surface area contributed by atoms with Crippen molar-refractivity contribution in [3.63, 3.8) is 0 Å². The third-order valence-electron chi connectivity index (χ3n) is 3.49. The van der Waals surface area contributed by atoms with Crippen LogP contribution in [0.2, 0.25) is 0 Å². The molecule has 0 aliphatic rings. The first-order valence-electron chi connectivity index (χ1n) is 7.20. The number of hydrogen-bond donors (Lipinski definition) is 2. The SMILES string of the molecule is N#CC(NCCCO)C(c1ccccc1)c1ccccc1. The number of aliphatic hydroxyl groups excluding tert-OH is 1. The van der Waals surface area contributed by atoms with Gasteiger partial charge in [-0.1, -0.05) is 60.7 Å². The van der Waals surface area contributed by atoms with Crippen molar-refractivity contribution in [2.45, 2.75) is 18.4 Å². The molecule has 2 N–H and O–H groups in total. The number of aliphatic hydroxyl groups is 1. The minimum Gasteiger partial charge on any atom is -0.396 e. The molecule has 3 nitrogen and oxygen atoms in total. The van der Waals surface area contributed by atoms with Crippen LogP contribution < -0.4 is 5.32 Å². The molecule has 1 unspecified atom stereocenters. The van der Waals surface area contributed by atoms with Crippen molar-refractivity contribution in [3.05, 3.63) is 71.8 Å². The van der Waals surface area contributed by atoms with Crippen LogP contribution in [0.4, 0.5) is 0 Å². The average molecular weight is 280 g/mol. The number of rotatable bonds is 7. The van der Waals surface area contributed by atoms with E-state index in [4.69, 9.17) is 5.11 Å². The highest BCUT2D eigenvalue weighted by atomic mass is 16.3. The van der Waals surface area contributed by atoms with Crippen molar-refractivity contribution < 1.29 is 5.11 Å². The zero-order valence-electron chi connectivity index (χ0n) is 11.9. The van der Waals surface area contributed by atoms with E-state index in [1.807, 2.05) is 36.4 Å². The quantitative estimate of drug-likeness (QED) is 0.767. The lowest BCUT2D eigenvalue weighted by molar-refractivity contribution is 0.284. The lowest BCUT2D eigenvalue weighted by Gasteiger charge is -2.24. The Morgan fingerprint density at radius 3 is 1.90 bits per heavy atom. The third kappa shape index (κ3) is 4.16. The van der Waals surface area contributed by atoms with Gasteiger partial charge in [0.2, 0.25) is 0 Å². The second kappa shape index (κ2) is 8.21. The molecule has 0 amide bonds.